The third-order valence-corrected chi connectivity index (χ3v) is 4.07. The molecule has 0 saturated carbocycles. The van der Waals surface area contributed by atoms with Crippen molar-refractivity contribution < 1.29 is 22.5 Å². The van der Waals surface area contributed by atoms with E-state index >= 15 is 0 Å². The maximum absolute atomic E-state index is 12.9. The molecule has 110 valence electrons. The van der Waals surface area contributed by atoms with Crippen LogP contribution in [0.5, 0.6) is 0 Å². The summed E-state index contributed by atoms with van der Waals surface area (Å²) in [7, 11) is -0.838. The molecule has 1 aromatic heterocycles. The molecule has 20 heavy (non-hydrogen) atoms. The van der Waals surface area contributed by atoms with Gasteiger partial charge in [-0.3, -0.25) is 4.98 Å². The van der Waals surface area contributed by atoms with Crippen molar-refractivity contribution in [2.45, 2.75) is 52.0 Å². The summed E-state index contributed by atoms with van der Waals surface area (Å²) in [6.07, 6.45) is -2.24. The van der Waals surface area contributed by atoms with Gasteiger partial charge in [-0.15, -0.1) is 0 Å². The molecule has 0 radical (unpaired) electrons. The number of hydrogen-bond donors (Lipinski definition) is 0. The monoisotopic (exact) mass is 287 g/mol. The second kappa shape index (κ2) is 4.46. The maximum Gasteiger partial charge on any atom is 0.496 e. The van der Waals surface area contributed by atoms with Crippen LogP contribution in [0.25, 0.3) is 0 Å². The Hall–Kier alpha value is -1.08. The molecule has 7 heteroatoms. The SMILES string of the molecule is Cc1c(B2OC(C)(C)C(C)(C)O2)cncc1C(F)(F)F. The second-order valence-electron chi connectivity index (χ2n) is 5.99. The molecule has 1 aliphatic rings. The molecule has 1 aromatic rings. The number of pyridine rings is 1. The molecule has 1 fully saturated rings. The fourth-order valence-corrected chi connectivity index (χ4v) is 2.03. The lowest BCUT2D eigenvalue weighted by molar-refractivity contribution is -0.138. The van der Waals surface area contributed by atoms with Gasteiger partial charge in [0.15, 0.2) is 0 Å². The number of hydrogen-bond acceptors (Lipinski definition) is 3. The Morgan fingerprint density at radius 1 is 1.05 bits per heavy atom. The zero-order valence-corrected chi connectivity index (χ0v) is 12.1. The number of nitrogens with zero attached hydrogens (tertiary/aromatic N) is 1. The first-order valence-corrected chi connectivity index (χ1v) is 6.33. The first-order valence-electron chi connectivity index (χ1n) is 6.33. The van der Waals surface area contributed by atoms with E-state index in [1.54, 1.807) is 0 Å². The average Bonchev–Trinajstić information content (AvgIpc) is 2.46. The van der Waals surface area contributed by atoms with Gasteiger partial charge in [-0.2, -0.15) is 13.2 Å². The third-order valence-electron chi connectivity index (χ3n) is 4.07. The van der Waals surface area contributed by atoms with Crippen molar-refractivity contribution in [2.24, 2.45) is 0 Å². The van der Waals surface area contributed by atoms with Crippen LogP contribution in [0.15, 0.2) is 12.4 Å². The number of alkyl halides is 3. The summed E-state index contributed by atoms with van der Waals surface area (Å²) in [5, 5.41) is 0. The van der Waals surface area contributed by atoms with Crippen LogP contribution in [0.3, 0.4) is 0 Å². The largest absolute Gasteiger partial charge is 0.496 e. The van der Waals surface area contributed by atoms with Crippen LogP contribution in [0, 0.1) is 6.92 Å². The Labute approximate surface area is 116 Å². The normalized spacial score (nSPS) is 21.3. The van der Waals surface area contributed by atoms with Gasteiger partial charge in [0.2, 0.25) is 0 Å². The van der Waals surface area contributed by atoms with E-state index in [1.807, 2.05) is 27.7 Å². The quantitative estimate of drug-likeness (QED) is 0.744. The lowest BCUT2D eigenvalue weighted by atomic mass is 9.76. The Morgan fingerprint density at radius 3 is 2.00 bits per heavy atom. The van der Waals surface area contributed by atoms with Crippen LogP contribution in [0.1, 0.15) is 38.8 Å². The predicted octanol–water partition coefficient (Wildman–Crippen LogP) is 2.71. The molecule has 0 atom stereocenters. The highest BCUT2D eigenvalue weighted by Crippen LogP contribution is 2.37. The van der Waals surface area contributed by atoms with Crippen molar-refractivity contribution in [1.82, 2.24) is 4.98 Å². The van der Waals surface area contributed by atoms with Gasteiger partial charge >= 0.3 is 13.3 Å². The highest BCUT2D eigenvalue weighted by molar-refractivity contribution is 6.62. The van der Waals surface area contributed by atoms with Crippen LogP contribution in [-0.4, -0.2) is 23.3 Å². The minimum atomic E-state index is -4.43. The first kappa shape index (κ1) is 15.3. The molecule has 0 bridgehead atoms. The van der Waals surface area contributed by atoms with Gasteiger partial charge in [0.1, 0.15) is 0 Å². The fraction of sp³-hybridized carbons (Fsp3) is 0.615. The fourth-order valence-electron chi connectivity index (χ4n) is 2.03. The van der Waals surface area contributed by atoms with E-state index in [1.165, 1.54) is 13.1 Å². The summed E-state index contributed by atoms with van der Waals surface area (Å²) in [6, 6.07) is 0. The van der Waals surface area contributed by atoms with E-state index in [2.05, 4.69) is 4.98 Å². The van der Waals surface area contributed by atoms with Crippen molar-refractivity contribution >= 4 is 12.6 Å². The number of aromatic nitrogens is 1. The number of halogens is 3. The van der Waals surface area contributed by atoms with Gasteiger partial charge in [0, 0.05) is 17.9 Å². The van der Waals surface area contributed by atoms with E-state index in [-0.39, 0.29) is 5.56 Å². The third kappa shape index (κ3) is 2.44. The van der Waals surface area contributed by atoms with Gasteiger partial charge in [0.25, 0.3) is 0 Å². The average molecular weight is 287 g/mol. The minimum Gasteiger partial charge on any atom is -0.399 e. The Balaban J connectivity index is 2.42. The molecular formula is C13H17BF3NO2. The van der Waals surface area contributed by atoms with Gasteiger partial charge < -0.3 is 9.31 Å². The van der Waals surface area contributed by atoms with Crippen LogP contribution >= 0.6 is 0 Å². The van der Waals surface area contributed by atoms with Crippen molar-refractivity contribution in [3.63, 3.8) is 0 Å². The molecule has 0 unspecified atom stereocenters. The van der Waals surface area contributed by atoms with Gasteiger partial charge in [0.05, 0.1) is 16.8 Å². The molecular weight excluding hydrogens is 270 g/mol. The molecule has 0 aliphatic carbocycles. The highest BCUT2D eigenvalue weighted by Gasteiger charge is 2.52. The van der Waals surface area contributed by atoms with E-state index < -0.39 is 30.1 Å². The molecule has 1 aliphatic heterocycles. The van der Waals surface area contributed by atoms with E-state index in [4.69, 9.17) is 9.31 Å². The molecule has 1 saturated heterocycles. The molecule has 2 rings (SSSR count). The predicted molar refractivity (Wildman–Crippen MR) is 69.7 cm³/mol. The van der Waals surface area contributed by atoms with Crippen LogP contribution in [0.2, 0.25) is 0 Å². The zero-order valence-electron chi connectivity index (χ0n) is 12.1. The standard InChI is InChI=1S/C13H17BF3NO2/c1-8-9(13(15,16)17)6-18-7-10(8)14-19-11(2,3)12(4,5)20-14/h6-7H,1-5H3. The summed E-state index contributed by atoms with van der Waals surface area (Å²) in [5.74, 6) is 0. The molecule has 0 spiro atoms. The maximum atomic E-state index is 12.9. The molecule has 0 N–H and O–H groups in total. The Bertz CT molecular complexity index is 513. The topological polar surface area (TPSA) is 31.4 Å². The second-order valence-corrected chi connectivity index (χ2v) is 5.99. The summed E-state index contributed by atoms with van der Waals surface area (Å²) in [4.78, 5) is 3.67. The van der Waals surface area contributed by atoms with Crippen LogP contribution in [0.4, 0.5) is 13.2 Å². The van der Waals surface area contributed by atoms with E-state index in [0.29, 0.717) is 5.46 Å². The molecule has 3 nitrogen and oxygen atoms in total. The highest BCUT2D eigenvalue weighted by atomic mass is 19.4. The smallest absolute Gasteiger partial charge is 0.399 e. The van der Waals surface area contributed by atoms with Crippen molar-refractivity contribution in [1.29, 1.82) is 0 Å². The molecule has 2 heterocycles. The van der Waals surface area contributed by atoms with Gasteiger partial charge in [-0.05, 0) is 40.2 Å². The van der Waals surface area contributed by atoms with E-state index in [0.717, 1.165) is 6.20 Å². The van der Waals surface area contributed by atoms with Gasteiger partial charge in [-0.1, -0.05) is 0 Å². The lowest BCUT2D eigenvalue weighted by Gasteiger charge is -2.32. The van der Waals surface area contributed by atoms with Crippen LogP contribution in [-0.2, 0) is 15.5 Å². The van der Waals surface area contributed by atoms with Crippen LogP contribution < -0.4 is 5.46 Å². The summed E-state index contributed by atoms with van der Waals surface area (Å²) < 4.78 is 50.2. The van der Waals surface area contributed by atoms with Crippen molar-refractivity contribution in [3.8, 4) is 0 Å². The molecule has 0 amide bonds. The summed E-state index contributed by atoms with van der Waals surface area (Å²) >= 11 is 0. The van der Waals surface area contributed by atoms with Gasteiger partial charge in [-0.25, -0.2) is 0 Å². The zero-order chi connectivity index (χ0) is 15.3. The number of rotatable bonds is 1. The minimum absolute atomic E-state index is 0.0889. The Kier molecular flexibility index (Phi) is 3.42. The van der Waals surface area contributed by atoms with Crippen molar-refractivity contribution in [2.75, 3.05) is 0 Å². The Morgan fingerprint density at radius 2 is 1.55 bits per heavy atom. The molecule has 0 aromatic carbocycles. The summed E-state index contributed by atoms with van der Waals surface area (Å²) in [6.45, 7) is 8.81. The van der Waals surface area contributed by atoms with Crippen molar-refractivity contribution in [3.05, 3.63) is 23.5 Å². The first-order chi connectivity index (χ1) is 8.96. The van der Waals surface area contributed by atoms with E-state index in [9.17, 15) is 13.2 Å². The lowest BCUT2D eigenvalue weighted by Crippen LogP contribution is -2.41. The summed E-state index contributed by atoms with van der Waals surface area (Å²) in [5.41, 5.74) is -1.55.